The van der Waals surface area contributed by atoms with E-state index in [1.807, 2.05) is 91.0 Å². The van der Waals surface area contributed by atoms with Crippen molar-refractivity contribution in [1.82, 2.24) is 24.8 Å². The molecule has 0 radical (unpaired) electrons. The molecule has 4 unspecified atom stereocenters. The van der Waals surface area contributed by atoms with Crippen molar-refractivity contribution in [3.63, 3.8) is 0 Å². The van der Waals surface area contributed by atoms with E-state index in [9.17, 15) is 20.1 Å². The number of aromatic amines is 1. The second kappa shape index (κ2) is 11.6. The summed E-state index contributed by atoms with van der Waals surface area (Å²) in [5.41, 5.74) is 9.07. The number of aliphatic hydroxyl groups is 2. The van der Waals surface area contributed by atoms with Crippen LogP contribution in [-0.4, -0.2) is 61.0 Å². The Kier molecular flexibility index (Phi) is 7.49. The Hall–Kier alpha value is -5.26. The van der Waals surface area contributed by atoms with Crippen LogP contribution in [-0.2, 0) is 10.3 Å². The molecule has 2 aromatic heterocycles. The van der Waals surface area contributed by atoms with Crippen LogP contribution in [0, 0.1) is 5.53 Å². The lowest BCUT2D eigenvalue weighted by atomic mass is 9.80. The third kappa shape index (κ3) is 4.74. The Labute approximate surface area is 245 Å². The fourth-order valence-corrected chi connectivity index (χ4v) is 5.99. The molecule has 12 heteroatoms. The van der Waals surface area contributed by atoms with Gasteiger partial charge in [0.1, 0.15) is 41.3 Å². The Morgan fingerprint density at radius 2 is 1.51 bits per heavy atom. The molecule has 4 N–H and O–H groups in total. The zero-order chi connectivity index (χ0) is 30.0. The van der Waals surface area contributed by atoms with Crippen LogP contribution in [0.1, 0.15) is 28.3 Å². The van der Waals surface area contributed by atoms with Crippen molar-refractivity contribution in [3.8, 4) is 0 Å². The normalized spacial score (nSPS) is 20.2. The summed E-state index contributed by atoms with van der Waals surface area (Å²) in [5.74, 6) is 0.0672. The van der Waals surface area contributed by atoms with Crippen LogP contribution in [0.4, 0.5) is 10.6 Å². The summed E-state index contributed by atoms with van der Waals surface area (Å²) in [6.07, 6.45) is -2.01. The molecule has 43 heavy (non-hydrogen) atoms. The number of aliphatic hydroxyl groups excluding tert-OH is 2. The summed E-state index contributed by atoms with van der Waals surface area (Å²) in [5, 5.41) is 38.9. The molecule has 1 aliphatic rings. The van der Waals surface area contributed by atoms with Gasteiger partial charge >= 0.3 is 0 Å². The van der Waals surface area contributed by atoms with Crippen molar-refractivity contribution in [2.45, 2.75) is 29.9 Å². The van der Waals surface area contributed by atoms with Crippen molar-refractivity contribution in [2.24, 2.45) is 5.11 Å². The average Bonchev–Trinajstić information content (AvgIpc) is 3.58. The first-order valence-corrected chi connectivity index (χ1v) is 13.5. The minimum absolute atomic E-state index is 0.0672. The van der Waals surface area contributed by atoms with Gasteiger partial charge in [-0.1, -0.05) is 91.0 Å². The topological polar surface area (TPSA) is 185 Å². The van der Waals surface area contributed by atoms with E-state index < -0.39 is 36.0 Å². The molecular weight excluding hydrogens is 550 g/mol. The van der Waals surface area contributed by atoms with Crippen molar-refractivity contribution < 1.29 is 24.9 Å². The molecule has 3 heterocycles. The number of likely N-dealkylation sites (tertiary alicyclic amines) is 1. The number of hydrogen-bond donors (Lipinski definition) is 4. The van der Waals surface area contributed by atoms with Gasteiger partial charge in [-0.25, -0.2) is 9.97 Å². The highest BCUT2D eigenvalue weighted by molar-refractivity contribution is 5.87. The summed E-state index contributed by atoms with van der Waals surface area (Å²) in [6, 6.07) is 26.1. The number of fused-ring (bicyclic) bond motifs is 1. The van der Waals surface area contributed by atoms with E-state index in [1.54, 1.807) is 0 Å². The molecule has 6 rings (SSSR count). The summed E-state index contributed by atoms with van der Waals surface area (Å²) in [6.45, 7) is -0.295. The second-order valence-electron chi connectivity index (χ2n) is 10.1. The molecule has 0 aliphatic carbocycles. The van der Waals surface area contributed by atoms with Gasteiger partial charge in [-0.05, 0) is 16.7 Å². The summed E-state index contributed by atoms with van der Waals surface area (Å²) < 4.78 is 6.79. The number of rotatable bonds is 8. The Bertz CT molecular complexity index is 1680. The second-order valence-corrected chi connectivity index (χ2v) is 10.1. The van der Waals surface area contributed by atoms with Gasteiger partial charge < -0.3 is 34.7 Å². The van der Waals surface area contributed by atoms with Gasteiger partial charge in [-0.15, -0.1) is 0 Å². The summed E-state index contributed by atoms with van der Waals surface area (Å²) >= 11 is 0. The zero-order valence-electron chi connectivity index (χ0n) is 22.7. The highest BCUT2D eigenvalue weighted by Gasteiger charge is 2.51. The molecule has 0 spiro atoms. The van der Waals surface area contributed by atoms with Crippen LogP contribution in [0.25, 0.3) is 11.0 Å². The molecule has 5 aromatic rings. The first-order chi connectivity index (χ1) is 21.0. The van der Waals surface area contributed by atoms with Gasteiger partial charge in [0.15, 0.2) is 5.11 Å². The molecule has 216 valence electrons. The molecule has 1 amide bonds. The quantitative estimate of drug-likeness (QED) is 0.124. The predicted octanol–water partition coefficient (Wildman–Crippen LogP) is 2.94. The molecular formula is C31H27N7O5. The monoisotopic (exact) mass is 577 g/mol. The lowest BCUT2D eigenvalue weighted by Gasteiger charge is -2.39. The number of carbonyl (C=O) groups excluding carboxylic acids is 1. The molecule has 0 bridgehead atoms. The maximum Gasteiger partial charge on any atom is 0.268 e. The standard InChI is InChI=1S/C31H27N7O5/c32-37-36-29-25-24(34-18-35-29)22(16-33-25)26-28(40)27(39)23(38(26)30(41)42)17-43-31(19-10-4-1-5-11-19,20-12-6-2-7-13-20)21-14-8-3-9-15-21/h1-16,18,23,26-28,32,39-40H,17H2,(H,41,42). The van der Waals surface area contributed by atoms with Crippen LogP contribution in [0.2, 0.25) is 0 Å². The van der Waals surface area contributed by atoms with Gasteiger partial charge in [0, 0.05) is 11.8 Å². The number of H-pyrrole nitrogens is 1. The van der Waals surface area contributed by atoms with Crippen molar-refractivity contribution in [1.29, 1.82) is 5.53 Å². The number of nitrogens with zero attached hydrogens (tertiary/aromatic N) is 5. The third-order valence-corrected chi connectivity index (χ3v) is 7.88. The Balaban J connectivity index is 1.44. The van der Waals surface area contributed by atoms with Crippen molar-refractivity contribution in [2.75, 3.05) is 6.61 Å². The number of hydrogen-bond acceptors (Lipinski definition) is 9. The smallest absolute Gasteiger partial charge is 0.268 e. The van der Waals surface area contributed by atoms with E-state index in [0.29, 0.717) is 5.52 Å². The van der Waals surface area contributed by atoms with Gasteiger partial charge in [0.2, 0.25) is 4.91 Å². The maximum absolute atomic E-state index is 12.7. The van der Waals surface area contributed by atoms with E-state index >= 15 is 0 Å². The first-order valence-electron chi connectivity index (χ1n) is 13.5. The van der Waals surface area contributed by atoms with E-state index in [0.717, 1.165) is 21.6 Å². The summed E-state index contributed by atoms with van der Waals surface area (Å²) in [4.78, 5) is 27.7. The van der Waals surface area contributed by atoms with E-state index in [-0.39, 0.29) is 23.5 Å². The van der Waals surface area contributed by atoms with Crippen LogP contribution >= 0.6 is 0 Å². The lowest BCUT2D eigenvalue weighted by Crippen LogP contribution is -2.50. The minimum Gasteiger partial charge on any atom is -0.530 e. The number of aromatic nitrogens is 3. The zero-order valence-corrected chi connectivity index (χ0v) is 22.7. The van der Waals surface area contributed by atoms with Crippen molar-refractivity contribution in [3.05, 3.63) is 126 Å². The van der Waals surface area contributed by atoms with Crippen LogP contribution < -0.4 is 10.0 Å². The fraction of sp³-hybridized carbons (Fsp3) is 0.194. The lowest BCUT2D eigenvalue weighted by molar-refractivity contribution is -0.271. The third-order valence-electron chi connectivity index (χ3n) is 7.88. The number of carbonyl (C=O) groups is 1. The molecule has 0 saturated carbocycles. The number of ether oxygens (including phenoxy) is 1. The van der Waals surface area contributed by atoms with E-state index in [2.05, 4.69) is 25.0 Å². The average molecular weight is 578 g/mol. The number of amides is 1. The molecule has 4 atom stereocenters. The van der Waals surface area contributed by atoms with Crippen LogP contribution in [0.5, 0.6) is 0 Å². The molecule has 12 nitrogen and oxygen atoms in total. The summed E-state index contributed by atoms with van der Waals surface area (Å²) in [7, 11) is 0. The fourth-order valence-electron chi connectivity index (χ4n) is 5.99. The van der Waals surface area contributed by atoms with Gasteiger partial charge in [-0.3, -0.25) is 0 Å². The Morgan fingerprint density at radius 3 is 2.02 bits per heavy atom. The van der Waals surface area contributed by atoms with Gasteiger partial charge in [0.05, 0.1) is 24.2 Å². The van der Waals surface area contributed by atoms with E-state index in [4.69, 9.17) is 10.3 Å². The predicted molar refractivity (Wildman–Crippen MR) is 152 cm³/mol. The molecule has 1 fully saturated rings. The first kappa shape index (κ1) is 27.9. The molecule has 1 aliphatic heterocycles. The molecule has 1 saturated heterocycles. The SMILES string of the molecule is N=[N+]=Nc1ncnc2c(C3C(O)C(O)C(COC(c4ccccc4)(c4ccccc4)c4ccccc4)N3C(=O)[O-])c[nH]c12. The van der Waals surface area contributed by atoms with Crippen molar-refractivity contribution >= 4 is 22.9 Å². The Morgan fingerprint density at radius 1 is 0.953 bits per heavy atom. The van der Waals surface area contributed by atoms with E-state index in [1.165, 1.54) is 12.5 Å². The highest BCUT2D eigenvalue weighted by Crippen LogP contribution is 2.44. The largest absolute Gasteiger partial charge is 0.530 e. The number of carboxylic acid groups (broad SMARTS) is 1. The molecule has 3 aromatic carbocycles. The number of nitrogens with one attached hydrogen (secondary N) is 2. The van der Waals surface area contributed by atoms with Crippen LogP contribution in [0.15, 0.2) is 109 Å². The van der Waals surface area contributed by atoms with Gasteiger partial charge in [0.25, 0.3) is 5.82 Å². The minimum atomic E-state index is -1.60. The maximum atomic E-state index is 12.7. The van der Waals surface area contributed by atoms with Gasteiger partial charge in [-0.2, -0.15) is 0 Å². The highest BCUT2D eigenvalue weighted by atomic mass is 16.5. The van der Waals surface area contributed by atoms with Crippen LogP contribution in [0.3, 0.4) is 0 Å². The number of benzene rings is 3.